The summed E-state index contributed by atoms with van der Waals surface area (Å²) in [5, 5.41) is 13.7. The molecule has 192 valence electrons. The summed E-state index contributed by atoms with van der Waals surface area (Å²) >= 11 is 0. The average molecular weight is 510 g/mol. The molecule has 38 heavy (non-hydrogen) atoms. The van der Waals surface area contributed by atoms with Gasteiger partial charge in [-0.2, -0.15) is 5.10 Å². The molecule has 7 rings (SSSR count). The van der Waals surface area contributed by atoms with Gasteiger partial charge in [0.1, 0.15) is 11.5 Å². The zero-order chi connectivity index (χ0) is 25.9. The number of carbonyl (C=O) groups excluding carboxylic acids is 1. The van der Waals surface area contributed by atoms with Crippen LogP contribution in [-0.2, 0) is 31.0 Å². The highest BCUT2D eigenvalue weighted by atomic mass is 19.1. The first kappa shape index (κ1) is 23.0. The van der Waals surface area contributed by atoms with E-state index in [1.54, 1.807) is 13.1 Å². The van der Waals surface area contributed by atoms with Gasteiger partial charge in [-0.05, 0) is 54.7 Å². The summed E-state index contributed by atoms with van der Waals surface area (Å²) in [5.41, 5.74) is 7.08. The highest BCUT2D eigenvalue weighted by molar-refractivity contribution is 5.81. The molecule has 0 spiro atoms. The monoisotopic (exact) mass is 509 g/mol. The lowest BCUT2D eigenvalue weighted by molar-refractivity contribution is -0.144. The fourth-order valence-electron chi connectivity index (χ4n) is 5.78. The predicted octanol–water partition coefficient (Wildman–Crippen LogP) is 4.86. The molecule has 3 aliphatic rings. The SMILES string of the molecule is CC1(F)CC(C(=O)N2Cc3ccc(-c4nc5c(c(Nc6ccc(-c7cn[nH]c7)cc6)n4)CNC5)cc3C2)C1. The third-order valence-corrected chi connectivity index (χ3v) is 7.86. The Labute approximate surface area is 219 Å². The molecule has 2 aromatic carbocycles. The van der Waals surface area contributed by atoms with E-state index in [1.165, 1.54) is 0 Å². The Kier molecular flexibility index (Phi) is 5.29. The summed E-state index contributed by atoms with van der Waals surface area (Å²) in [6, 6.07) is 14.4. The third kappa shape index (κ3) is 4.12. The number of fused-ring (bicyclic) bond motifs is 2. The molecule has 1 fully saturated rings. The number of nitrogens with one attached hydrogen (secondary N) is 3. The Hall–Kier alpha value is -4.11. The molecule has 0 bridgehead atoms. The van der Waals surface area contributed by atoms with E-state index in [1.807, 2.05) is 29.3 Å². The first-order valence-corrected chi connectivity index (χ1v) is 13.0. The Balaban J connectivity index is 1.13. The highest BCUT2D eigenvalue weighted by Crippen LogP contribution is 2.43. The van der Waals surface area contributed by atoms with Crippen molar-refractivity contribution in [2.24, 2.45) is 5.92 Å². The molecule has 1 aliphatic carbocycles. The van der Waals surface area contributed by atoms with Crippen LogP contribution in [-0.4, -0.2) is 36.6 Å². The van der Waals surface area contributed by atoms with E-state index >= 15 is 0 Å². The number of aromatic nitrogens is 4. The van der Waals surface area contributed by atoms with Crippen LogP contribution in [0.5, 0.6) is 0 Å². The van der Waals surface area contributed by atoms with Crippen LogP contribution in [0.3, 0.4) is 0 Å². The molecule has 8 nitrogen and oxygen atoms in total. The maximum atomic E-state index is 13.9. The topological polar surface area (TPSA) is 98.8 Å². The number of nitrogens with zero attached hydrogens (tertiary/aromatic N) is 4. The first-order chi connectivity index (χ1) is 18.4. The molecule has 0 unspecified atom stereocenters. The van der Waals surface area contributed by atoms with E-state index in [0.29, 0.717) is 44.8 Å². The van der Waals surface area contributed by atoms with Crippen LogP contribution in [0.25, 0.3) is 22.5 Å². The van der Waals surface area contributed by atoms with Crippen molar-refractivity contribution in [3.05, 3.63) is 77.2 Å². The van der Waals surface area contributed by atoms with Gasteiger partial charge in [0.15, 0.2) is 5.82 Å². The molecule has 2 aromatic heterocycles. The van der Waals surface area contributed by atoms with Gasteiger partial charge in [0.2, 0.25) is 5.91 Å². The second-order valence-corrected chi connectivity index (χ2v) is 10.8. The smallest absolute Gasteiger partial charge is 0.226 e. The zero-order valence-electron chi connectivity index (χ0n) is 21.1. The number of hydrogen-bond donors (Lipinski definition) is 3. The van der Waals surface area contributed by atoms with Crippen molar-refractivity contribution in [2.75, 3.05) is 5.32 Å². The summed E-state index contributed by atoms with van der Waals surface area (Å²) in [7, 11) is 0. The maximum absolute atomic E-state index is 13.9. The van der Waals surface area contributed by atoms with E-state index in [-0.39, 0.29) is 11.8 Å². The summed E-state index contributed by atoms with van der Waals surface area (Å²) in [5.74, 6) is 1.31. The molecule has 4 heterocycles. The highest BCUT2D eigenvalue weighted by Gasteiger charge is 2.46. The zero-order valence-corrected chi connectivity index (χ0v) is 21.1. The van der Waals surface area contributed by atoms with Gasteiger partial charge < -0.3 is 15.5 Å². The second kappa shape index (κ2) is 8.73. The lowest BCUT2D eigenvalue weighted by atomic mass is 9.73. The number of amides is 1. The average Bonchev–Trinajstić information content (AvgIpc) is 3.67. The van der Waals surface area contributed by atoms with E-state index in [9.17, 15) is 9.18 Å². The lowest BCUT2D eigenvalue weighted by Crippen LogP contribution is -2.45. The maximum Gasteiger partial charge on any atom is 0.226 e. The van der Waals surface area contributed by atoms with Gasteiger partial charge in [0, 0.05) is 60.7 Å². The molecule has 9 heteroatoms. The van der Waals surface area contributed by atoms with Crippen LogP contribution in [0.4, 0.5) is 15.9 Å². The summed E-state index contributed by atoms with van der Waals surface area (Å²) in [6.45, 7) is 4.10. The largest absolute Gasteiger partial charge is 0.340 e. The van der Waals surface area contributed by atoms with Crippen LogP contribution < -0.4 is 10.6 Å². The van der Waals surface area contributed by atoms with Crippen LogP contribution >= 0.6 is 0 Å². The molecule has 2 aliphatic heterocycles. The van der Waals surface area contributed by atoms with Crippen molar-refractivity contribution in [1.29, 1.82) is 0 Å². The second-order valence-electron chi connectivity index (χ2n) is 10.8. The standard InChI is InChI=1S/C29H28FN7O/c1-29(30)9-21(10-29)28(38)37-15-19-3-2-18(8-20(19)16-37)26-35-25-14-31-13-24(25)27(36-26)34-23-6-4-17(5-7-23)22-11-32-33-12-22/h2-8,11-12,21,31H,9-10,13-16H2,1H3,(H,32,33)(H,34,35,36). The van der Waals surface area contributed by atoms with Crippen molar-refractivity contribution in [2.45, 2.75) is 51.6 Å². The van der Waals surface area contributed by atoms with Gasteiger partial charge in [-0.3, -0.25) is 9.89 Å². The molecule has 0 atom stereocenters. The fraction of sp³-hybridized carbons (Fsp3) is 0.310. The molecule has 4 aromatic rings. The van der Waals surface area contributed by atoms with Crippen molar-refractivity contribution in [1.82, 2.24) is 30.4 Å². The van der Waals surface area contributed by atoms with Crippen molar-refractivity contribution >= 4 is 17.4 Å². The van der Waals surface area contributed by atoms with E-state index in [2.05, 4.69) is 45.1 Å². The van der Waals surface area contributed by atoms with Crippen molar-refractivity contribution in [3.63, 3.8) is 0 Å². The normalized spacial score (nSPS) is 21.6. The van der Waals surface area contributed by atoms with Crippen LogP contribution in [0.15, 0.2) is 54.9 Å². The van der Waals surface area contributed by atoms with Gasteiger partial charge >= 0.3 is 0 Å². The third-order valence-electron chi connectivity index (χ3n) is 7.86. The van der Waals surface area contributed by atoms with E-state index < -0.39 is 5.67 Å². The van der Waals surface area contributed by atoms with Gasteiger partial charge in [-0.15, -0.1) is 0 Å². The van der Waals surface area contributed by atoms with Crippen LogP contribution in [0, 0.1) is 5.92 Å². The van der Waals surface area contributed by atoms with Crippen molar-refractivity contribution < 1.29 is 9.18 Å². The van der Waals surface area contributed by atoms with Crippen molar-refractivity contribution in [3.8, 4) is 22.5 Å². The van der Waals surface area contributed by atoms with Gasteiger partial charge in [-0.1, -0.05) is 24.3 Å². The summed E-state index contributed by atoms with van der Waals surface area (Å²) < 4.78 is 13.9. The summed E-state index contributed by atoms with van der Waals surface area (Å²) in [4.78, 5) is 24.5. The molecule has 1 saturated carbocycles. The number of carbonyl (C=O) groups is 1. The number of anilines is 2. The number of rotatable bonds is 5. The fourth-order valence-corrected chi connectivity index (χ4v) is 5.78. The number of H-pyrrole nitrogens is 1. The summed E-state index contributed by atoms with van der Waals surface area (Å²) in [6.07, 6.45) is 4.32. The Morgan fingerprint density at radius 2 is 1.82 bits per heavy atom. The van der Waals surface area contributed by atoms with Gasteiger partial charge in [0.05, 0.1) is 11.9 Å². The lowest BCUT2D eigenvalue weighted by Gasteiger charge is -2.39. The molecule has 0 radical (unpaired) electrons. The van der Waals surface area contributed by atoms with Gasteiger partial charge in [0.25, 0.3) is 0 Å². The molecule has 1 amide bonds. The Bertz CT molecular complexity index is 1520. The Morgan fingerprint density at radius 1 is 1.03 bits per heavy atom. The first-order valence-electron chi connectivity index (χ1n) is 13.0. The number of benzene rings is 2. The number of alkyl halides is 1. The minimum Gasteiger partial charge on any atom is -0.340 e. The quantitative estimate of drug-likeness (QED) is 0.355. The van der Waals surface area contributed by atoms with Crippen LogP contribution in [0.1, 0.15) is 42.1 Å². The number of aromatic amines is 1. The molecule has 0 saturated heterocycles. The number of hydrogen-bond acceptors (Lipinski definition) is 6. The van der Waals surface area contributed by atoms with E-state index in [0.717, 1.165) is 50.6 Å². The van der Waals surface area contributed by atoms with Gasteiger partial charge in [-0.25, -0.2) is 14.4 Å². The van der Waals surface area contributed by atoms with Crippen LogP contribution in [0.2, 0.25) is 0 Å². The minimum absolute atomic E-state index is 0.0583. The minimum atomic E-state index is -1.20. The van der Waals surface area contributed by atoms with E-state index in [4.69, 9.17) is 9.97 Å². The molecular weight excluding hydrogens is 481 g/mol. The number of halogens is 1. The molecular formula is C29H28FN7O. The predicted molar refractivity (Wildman–Crippen MR) is 142 cm³/mol. The molecule has 3 N–H and O–H groups in total. The Morgan fingerprint density at radius 3 is 2.58 bits per heavy atom.